The Hall–Kier alpha value is -2.49. The van der Waals surface area contributed by atoms with E-state index in [1.807, 2.05) is 44.2 Å². The molecule has 0 fully saturated rings. The SMILES string of the molecule is CC(C)N1C(=O)COc2ccc(-c3ccc(O)cc3)cc21. The molecule has 2 aromatic rings. The highest BCUT2D eigenvalue weighted by atomic mass is 16.5. The minimum absolute atomic E-state index is 0.0274. The lowest BCUT2D eigenvalue weighted by Gasteiger charge is -2.32. The second-order valence-corrected chi connectivity index (χ2v) is 5.38. The first-order valence-corrected chi connectivity index (χ1v) is 6.94. The van der Waals surface area contributed by atoms with E-state index in [1.54, 1.807) is 17.0 Å². The van der Waals surface area contributed by atoms with E-state index in [9.17, 15) is 9.90 Å². The molecule has 1 amide bonds. The van der Waals surface area contributed by atoms with Gasteiger partial charge in [-0.15, -0.1) is 0 Å². The van der Waals surface area contributed by atoms with E-state index in [2.05, 4.69) is 0 Å². The molecule has 21 heavy (non-hydrogen) atoms. The van der Waals surface area contributed by atoms with Gasteiger partial charge in [0.05, 0.1) is 5.69 Å². The predicted molar refractivity (Wildman–Crippen MR) is 81.7 cm³/mol. The number of hydrogen-bond acceptors (Lipinski definition) is 3. The summed E-state index contributed by atoms with van der Waals surface area (Å²) in [6, 6.07) is 12.9. The average molecular weight is 283 g/mol. The van der Waals surface area contributed by atoms with Crippen LogP contribution in [0.15, 0.2) is 42.5 Å². The molecule has 0 saturated heterocycles. The molecular formula is C17H17NO3. The second kappa shape index (κ2) is 5.13. The van der Waals surface area contributed by atoms with Crippen LogP contribution in [0.5, 0.6) is 11.5 Å². The predicted octanol–water partition coefficient (Wildman–Crippen LogP) is 3.19. The smallest absolute Gasteiger partial charge is 0.265 e. The fourth-order valence-corrected chi connectivity index (χ4v) is 2.57. The minimum Gasteiger partial charge on any atom is -0.508 e. The Morgan fingerprint density at radius 1 is 1.10 bits per heavy atom. The Balaban J connectivity index is 2.07. The first-order valence-electron chi connectivity index (χ1n) is 6.94. The molecule has 0 aromatic heterocycles. The van der Waals surface area contributed by atoms with Gasteiger partial charge in [0, 0.05) is 6.04 Å². The molecule has 1 heterocycles. The van der Waals surface area contributed by atoms with Crippen molar-refractivity contribution in [2.45, 2.75) is 19.9 Å². The van der Waals surface area contributed by atoms with Crippen molar-refractivity contribution in [3.8, 4) is 22.6 Å². The number of phenols is 1. The number of aromatic hydroxyl groups is 1. The molecule has 0 bridgehead atoms. The summed E-state index contributed by atoms with van der Waals surface area (Å²) in [5, 5.41) is 9.37. The first kappa shape index (κ1) is 13.5. The number of fused-ring (bicyclic) bond motifs is 1. The van der Waals surface area contributed by atoms with E-state index in [0.29, 0.717) is 0 Å². The molecule has 3 rings (SSSR count). The third kappa shape index (κ3) is 2.44. The molecule has 0 saturated carbocycles. The Morgan fingerprint density at radius 3 is 2.43 bits per heavy atom. The normalized spacial score (nSPS) is 14.0. The van der Waals surface area contributed by atoms with Crippen molar-refractivity contribution in [1.82, 2.24) is 0 Å². The summed E-state index contributed by atoms with van der Waals surface area (Å²) in [4.78, 5) is 13.8. The highest BCUT2D eigenvalue weighted by Crippen LogP contribution is 2.37. The lowest BCUT2D eigenvalue weighted by Crippen LogP contribution is -2.43. The standard InChI is InChI=1S/C17H17NO3/c1-11(2)18-15-9-13(12-3-6-14(19)7-4-12)5-8-16(15)21-10-17(18)20/h3-9,11,19H,10H2,1-2H3. The van der Waals surface area contributed by atoms with Crippen LogP contribution in [0.3, 0.4) is 0 Å². The summed E-state index contributed by atoms with van der Waals surface area (Å²) in [7, 11) is 0. The van der Waals surface area contributed by atoms with Crippen molar-refractivity contribution >= 4 is 11.6 Å². The van der Waals surface area contributed by atoms with Crippen LogP contribution in [0.2, 0.25) is 0 Å². The van der Waals surface area contributed by atoms with Gasteiger partial charge in [-0.1, -0.05) is 18.2 Å². The van der Waals surface area contributed by atoms with Gasteiger partial charge in [0.1, 0.15) is 11.5 Å². The largest absolute Gasteiger partial charge is 0.508 e. The Bertz CT molecular complexity index is 677. The van der Waals surface area contributed by atoms with E-state index >= 15 is 0 Å². The van der Waals surface area contributed by atoms with E-state index in [-0.39, 0.29) is 24.3 Å². The van der Waals surface area contributed by atoms with Crippen molar-refractivity contribution in [2.75, 3.05) is 11.5 Å². The second-order valence-electron chi connectivity index (χ2n) is 5.38. The first-order chi connectivity index (χ1) is 10.1. The van der Waals surface area contributed by atoms with Crippen LogP contribution in [0.1, 0.15) is 13.8 Å². The summed E-state index contributed by atoms with van der Waals surface area (Å²) >= 11 is 0. The Morgan fingerprint density at radius 2 is 1.76 bits per heavy atom. The number of carbonyl (C=O) groups is 1. The maximum Gasteiger partial charge on any atom is 0.265 e. The summed E-state index contributed by atoms with van der Waals surface area (Å²) in [5.41, 5.74) is 2.77. The molecule has 0 radical (unpaired) electrons. The van der Waals surface area contributed by atoms with Crippen LogP contribution in [0.25, 0.3) is 11.1 Å². The van der Waals surface area contributed by atoms with Crippen LogP contribution in [-0.2, 0) is 4.79 Å². The lowest BCUT2D eigenvalue weighted by atomic mass is 10.0. The van der Waals surface area contributed by atoms with Crippen molar-refractivity contribution in [3.63, 3.8) is 0 Å². The van der Waals surface area contributed by atoms with Gasteiger partial charge >= 0.3 is 0 Å². The molecule has 1 aliphatic heterocycles. The Kier molecular flexibility index (Phi) is 3.29. The number of ether oxygens (including phenoxy) is 1. The zero-order valence-electron chi connectivity index (χ0n) is 12.0. The lowest BCUT2D eigenvalue weighted by molar-refractivity contribution is -0.121. The topological polar surface area (TPSA) is 49.8 Å². The summed E-state index contributed by atoms with van der Waals surface area (Å²) in [6.45, 7) is 4.06. The van der Waals surface area contributed by atoms with Crippen molar-refractivity contribution < 1.29 is 14.6 Å². The summed E-state index contributed by atoms with van der Waals surface area (Å²) in [6.07, 6.45) is 0. The van der Waals surface area contributed by atoms with Gasteiger partial charge in [-0.2, -0.15) is 0 Å². The summed E-state index contributed by atoms with van der Waals surface area (Å²) in [5.74, 6) is 0.935. The van der Waals surface area contributed by atoms with Crippen LogP contribution >= 0.6 is 0 Å². The maximum atomic E-state index is 12.1. The average Bonchev–Trinajstić information content (AvgIpc) is 2.46. The fourth-order valence-electron chi connectivity index (χ4n) is 2.57. The van der Waals surface area contributed by atoms with Crippen LogP contribution < -0.4 is 9.64 Å². The minimum atomic E-state index is -0.0274. The fraction of sp³-hybridized carbons (Fsp3) is 0.235. The zero-order chi connectivity index (χ0) is 15.0. The molecule has 0 atom stereocenters. The van der Waals surface area contributed by atoms with Gasteiger partial charge in [0.15, 0.2) is 6.61 Å². The number of benzene rings is 2. The zero-order valence-corrected chi connectivity index (χ0v) is 12.0. The van der Waals surface area contributed by atoms with Gasteiger partial charge in [-0.3, -0.25) is 4.79 Å². The third-order valence-electron chi connectivity index (χ3n) is 3.56. The monoisotopic (exact) mass is 283 g/mol. The molecule has 0 unspecified atom stereocenters. The number of hydrogen-bond donors (Lipinski definition) is 1. The van der Waals surface area contributed by atoms with Crippen LogP contribution in [0.4, 0.5) is 5.69 Å². The van der Waals surface area contributed by atoms with E-state index in [1.165, 1.54) is 0 Å². The van der Waals surface area contributed by atoms with E-state index < -0.39 is 0 Å². The highest BCUT2D eigenvalue weighted by molar-refractivity contribution is 5.99. The molecule has 4 nitrogen and oxygen atoms in total. The van der Waals surface area contributed by atoms with Crippen molar-refractivity contribution in [2.24, 2.45) is 0 Å². The van der Waals surface area contributed by atoms with E-state index in [0.717, 1.165) is 22.6 Å². The molecule has 4 heteroatoms. The number of carbonyl (C=O) groups excluding carboxylic acids is 1. The number of rotatable bonds is 2. The van der Waals surface area contributed by atoms with Gasteiger partial charge in [0.2, 0.25) is 0 Å². The van der Waals surface area contributed by atoms with Gasteiger partial charge < -0.3 is 14.7 Å². The van der Waals surface area contributed by atoms with Crippen LogP contribution in [-0.4, -0.2) is 23.7 Å². The molecular weight excluding hydrogens is 266 g/mol. The van der Waals surface area contributed by atoms with Gasteiger partial charge in [-0.25, -0.2) is 0 Å². The highest BCUT2D eigenvalue weighted by Gasteiger charge is 2.27. The van der Waals surface area contributed by atoms with E-state index in [4.69, 9.17) is 4.74 Å². The van der Waals surface area contributed by atoms with Crippen LogP contribution in [0, 0.1) is 0 Å². The molecule has 0 aliphatic carbocycles. The Labute approximate surface area is 123 Å². The third-order valence-corrected chi connectivity index (χ3v) is 3.56. The summed E-state index contributed by atoms with van der Waals surface area (Å²) < 4.78 is 5.49. The molecule has 1 N–H and O–H groups in total. The van der Waals surface area contributed by atoms with Gasteiger partial charge in [0.25, 0.3) is 5.91 Å². The molecule has 0 spiro atoms. The maximum absolute atomic E-state index is 12.1. The number of phenolic OH excluding ortho intramolecular Hbond substituents is 1. The molecule has 2 aromatic carbocycles. The number of anilines is 1. The van der Waals surface area contributed by atoms with Crippen molar-refractivity contribution in [1.29, 1.82) is 0 Å². The van der Waals surface area contributed by atoms with Gasteiger partial charge in [-0.05, 0) is 49.2 Å². The quantitative estimate of drug-likeness (QED) is 0.920. The molecule has 108 valence electrons. The number of nitrogens with zero attached hydrogens (tertiary/aromatic N) is 1. The molecule has 1 aliphatic rings. The number of amides is 1. The van der Waals surface area contributed by atoms with Crippen molar-refractivity contribution in [3.05, 3.63) is 42.5 Å².